The second-order valence-electron chi connectivity index (χ2n) is 8.28. The van der Waals surface area contributed by atoms with Gasteiger partial charge in [-0.25, -0.2) is 9.78 Å². The topological polar surface area (TPSA) is 67.0 Å². The number of halogens is 1. The van der Waals surface area contributed by atoms with Gasteiger partial charge in [-0.15, -0.1) is 0 Å². The van der Waals surface area contributed by atoms with Gasteiger partial charge < -0.3 is 15.0 Å². The van der Waals surface area contributed by atoms with Crippen LogP contribution >= 0.6 is 15.9 Å². The third kappa shape index (κ3) is 3.15. The molecule has 1 saturated carbocycles. The van der Waals surface area contributed by atoms with Gasteiger partial charge in [-0.3, -0.25) is 0 Å². The zero-order chi connectivity index (χ0) is 18.5. The Hall–Kier alpha value is -1.82. The van der Waals surface area contributed by atoms with E-state index in [4.69, 9.17) is 9.72 Å². The van der Waals surface area contributed by atoms with Gasteiger partial charge >= 0.3 is 6.09 Å². The van der Waals surface area contributed by atoms with Gasteiger partial charge in [-0.2, -0.15) is 0 Å². The number of carbonyl (C=O) groups is 1. The van der Waals surface area contributed by atoms with Crippen molar-refractivity contribution in [2.45, 2.75) is 64.0 Å². The van der Waals surface area contributed by atoms with Crippen LogP contribution in [0.25, 0.3) is 11.3 Å². The smallest absolute Gasteiger partial charge is 0.408 e. The molecule has 0 aliphatic heterocycles. The van der Waals surface area contributed by atoms with E-state index in [0.717, 1.165) is 53.8 Å². The van der Waals surface area contributed by atoms with E-state index in [1.807, 2.05) is 20.8 Å². The maximum atomic E-state index is 12.3. The van der Waals surface area contributed by atoms with Crippen LogP contribution in [0, 0.1) is 0 Å². The standard InChI is InChI=1S/C20H24BrN3O2/c1-19(2,3)26-18(25)24-20(9-4-10-20)17-22-15-8-5-12-11-13(21)6-7-14(12)16(15)23-17/h6-7,11H,4-5,8-10H2,1-3H3,(H,22,23)(H,24,25). The van der Waals surface area contributed by atoms with Crippen molar-refractivity contribution in [2.24, 2.45) is 0 Å². The molecule has 1 amide bonds. The summed E-state index contributed by atoms with van der Waals surface area (Å²) in [5, 5.41) is 3.08. The molecule has 0 saturated heterocycles. The van der Waals surface area contributed by atoms with Gasteiger partial charge in [0.2, 0.25) is 0 Å². The monoisotopic (exact) mass is 417 g/mol. The molecule has 2 aliphatic rings. The highest BCUT2D eigenvalue weighted by Gasteiger charge is 2.44. The molecule has 4 rings (SSSR count). The lowest BCUT2D eigenvalue weighted by Crippen LogP contribution is -2.52. The fourth-order valence-corrected chi connectivity index (χ4v) is 4.16. The molecule has 5 nitrogen and oxygen atoms in total. The maximum Gasteiger partial charge on any atom is 0.408 e. The molecule has 2 N–H and O–H groups in total. The highest BCUT2D eigenvalue weighted by atomic mass is 79.9. The van der Waals surface area contributed by atoms with Gasteiger partial charge in [-0.1, -0.05) is 22.0 Å². The molecule has 0 atom stereocenters. The fraction of sp³-hybridized carbons (Fsp3) is 0.500. The molecule has 6 heteroatoms. The number of nitrogens with zero attached hydrogens (tertiary/aromatic N) is 1. The highest BCUT2D eigenvalue weighted by Crippen LogP contribution is 2.43. The predicted molar refractivity (Wildman–Crippen MR) is 104 cm³/mol. The number of aryl methyl sites for hydroxylation is 2. The van der Waals surface area contributed by atoms with E-state index in [9.17, 15) is 4.79 Å². The number of hydrogen-bond donors (Lipinski definition) is 2. The Bertz CT molecular complexity index is 862. The number of carbonyl (C=O) groups excluding carboxylic acids is 1. The molecule has 1 fully saturated rings. The molecule has 0 spiro atoms. The van der Waals surface area contributed by atoms with Gasteiger partial charge in [0, 0.05) is 15.7 Å². The Labute approximate surface area is 162 Å². The third-order valence-corrected chi connectivity index (χ3v) is 5.64. The maximum absolute atomic E-state index is 12.3. The molecule has 26 heavy (non-hydrogen) atoms. The minimum absolute atomic E-state index is 0.379. The minimum Gasteiger partial charge on any atom is -0.444 e. The number of fused-ring (bicyclic) bond motifs is 3. The number of ether oxygens (including phenoxy) is 1. The number of nitrogens with one attached hydrogen (secondary N) is 2. The molecule has 0 bridgehead atoms. The van der Waals surface area contributed by atoms with Gasteiger partial charge in [0.25, 0.3) is 0 Å². The fourth-order valence-electron chi connectivity index (χ4n) is 3.75. The number of aromatic nitrogens is 2. The summed E-state index contributed by atoms with van der Waals surface area (Å²) in [7, 11) is 0. The molecule has 1 aromatic carbocycles. The van der Waals surface area contributed by atoms with E-state index < -0.39 is 11.1 Å². The molecule has 2 aromatic rings. The first-order chi connectivity index (χ1) is 12.3. The van der Waals surface area contributed by atoms with Crippen LogP contribution in [-0.4, -0.2) is 21.7 Å². The van der Waals surface area contributed by atoms with Gasteiger partial charge in [0.1, 0.15) is 17.0 Å². The van der Waals surface area contributed by atoms with E-state index in [1.165, 1.54) is 11.1 Å². The summed E-state index contributed by atoms with van der Waals surface area (Å²) in [6.07, 6.45) is 4.39. The summed E-state index contributed by atoms with van der Waals surface area (Å²) < 4.78 is 6.56. The molecule has 138 valence electrons. The Balaban J connectivity index is 1.64. The zero-order valence-electron chi connectivity index (χ0n) is 15.4. The predicted octanol–water partition coefficient (Wildman–Crippen LogP) is 4.84. The Morgan fingerprint density at radius 2 is 2.08 bits per heavy atom. The first kappa shape index (κ1) is 17.6. The number of imidazole rings is 1. The Kier molecular flexibility index (Phi) is 4.14. The van der Waals surface area contributed by atoms with Crippen molar-refractivity contribution in [3.63, 3.8) is 0 Å². The molecule has 0 radical (unpaired) electrons. The van der Waals surface area contributed by atoms with Crippen molar-refractivity contribution in [2.75, 3.05) is 0 Å². The number of hydrogen-bond acceptors (Lipinski definition) is 3. The van der Waals surface area contributed by atoms with Crippen LogP contribution in [0.3, 0.4) is 0 Å². The number of alkyl carbamates (subject to hydrolysis) is 1. The molecular weight excluding hydrogens is 394 g/mol. The number of benzene rings is 1. The lowest BCUT2D eigenvalue weighted by molar-refractivity contribution is 0.0366. The van der Waals surface area contributed by atoms with Crippen LogP contribution in [0.4, 0.5) is 4.79 Å². The third-order valence-electron chi connectivity index (χ3n) is 5.15. The number of aromatic amines is 1. The van der Waals surface area contributed by atoms with E-state index in [1.54, 1.807) is 0 Å². The summed E-state index contributed by atoms with van der Waals surface area (Å²) >= 11 is 3.55. The van der Waals surface area contributed by atoms with Crippen LogP contribution in [0.5, 0.6) is 0 Å². The summed E-state index contributed by atoms with van der Waals surface area (Å²) in [6.45, 7) is 5.63. The van der Waals surface area contributed by atoms with Crippen molar-refractivity contribution >= 4 is 22.0 Å². The Morgan fingerprint density at radius 3 is 2.73 bits per heavy atom. The summed E-state index contributed by atoms with van der Waals surface area (Å²) in [5.41, 5.74) is 3.73. The molecule has 2 aliphatic carbocycles. The van der Waals surface area contributed by atoms with Gasteiger partial charge in [-0.05, 0) is 70.6 Å². The van der Waals surface area contributed by atoms with Crippen LogP contribution in [0.2, 0.25) is 0 Å². The first-order valence-electron chi connectivity index (χ1n) is 9.15. The summed E-state index contributed by atoms with van der Waals surface area (Å²) in [4.78, 5) is 20.8. The largest absolute Gasteiger partial charge is 0.444 e. The molecular formula is C20H24BrN3O2. The Morgan fingerprint density at radius 1 is 1.31 bits per heavy atom. The first-order valence-corrected chi connectivity index (χ1v) is 9.94. The lowest BCUT2D eigenvalue weighted by Gasteiger charge is -2.40. The molecule has 0 unspecified atom stereocenters. The van der Waals surface area contributed by atoms with Crippen LogP contribution in [-0.2, 0) is 23.1 Å². The van der Waals surface area contributed by atoms with Gasteiger partial charge in [0.15, 0.2) is 0 Å². The number of H-pyrrole nitrogens is 1. The van der Waals surface area contributed by atoms with Crippen LogP contribution in [0.1, 0.15) is 57.1 Å². The van der Waals surface area contributed by atoms with E-state index in [-0.39, 0.29) is 6.09 Å². The number of amides is 1. The van der Waals surface area contributed by atoms with Crippen LogP contribution in [0.15, 0.2) is 22.7 Å². The van der Waals surface area contributed by atoms with E-state index in [2.05, 4.69) is 44.4 Å². The van der Waals surface area contributed by atoms with E-state index in [0.29, 0.717) is 0 Å². The van der Waals surface area contributed by atoms with Crippen molar-refractivity contribution in [3.05, 3.63) is 39.8 Å². The second-order valence-corrected chi connectivity index (χ2v) is 9.19. The van der Waals surface area contributed by atoms with E-state index >= 15 is 0 Å². The average Bonchev–Trinajstić information content (AvgIpc) is 2.93. The SMILES string of the molecule is CC(C)(C)OC(=O)NC1(c2nc3c([nH]2)CCc2cc(Br)ccc2-3)CCC1. The summed E-state index contributed by atoms with van der Waals surface area (Å²) in [5.74, 6) is 0.857. The highest BCUT2D eigenvalue weighted by molar-refractivity contribution is 9.10. The number of rotatable bonds is 2. The average molecular weight is 418 g/mol. The van der Waals surface area contributed by atoms with Crippen molar-refractivity contribution in [1.29, 1.82) is 0 Å². The normalized spacial score (nSPS) is 17.7. The van der Waals surface area contributed by atoms with Crippen molar-refractivity contribution < 1.29 is 9.53 Å². The second kappa shape index (κ2) is 6.12. The van der Waals surface area contributed by atoms with Crippen molar-refractivity contribution in [1.82, 2.24) is 15.3 Å². The van der Waals surface area contributed by atoms with Crippen LogP contribution < -0.4 is 5.32 Å². The zero-order valence-corrected chi connectivity index (χ0v) is 17.0. The van der Waals surface area contributed by atoms with Crippen molar-refractivity contribution in [3.8, 4) is 11.3 Å². The summed E-state index contributed by atoms with van der Waals surface area (Å²) in [6, 6.07) is 6.35. The van der Waals surface area contributed by atoms with Gasteiger partial charge in [0.05, 0.1) is 5.69 Å². The molecule has 1 aromatic heterocycles. The minimum atomic E-state index is -0.510. The lowest BCUT2D eigenvalue weighted by atomic mass is 9.76. The molecule has 1 heterocycles. The quantitative estimate of drug-likeness (QED) is 0.734.